The minimum Gasteiger partial charge on any atom is -0.311 e. The molecule has 0 aliphatic heterocycles. The van der Waals surface area contributed by atoms with E-state index >= 15 is 0 Å². The van der Waals surface area contributed by atoms with Crippen molar-refractivity contribution in [3.05, 3.63) is 0 Å². The summed E-state index contributed by atoms with van der Waals surface area (Å²) < 4.78 is 0. The third kappa shape index (κ3) is 3.98. The third-order valence-electron chi connectivity index (χ3n) is 5.40. The van der Waals surface area contributed by atoms with Gasteiger partial charge in [0.05, 0.1) is 0 Å². The van der Waals surface area contributed by atoms with Gasteiger partial charge in [0, 0.05) is 12.1 Å². The van der Waals surface area contributed by atoms with Crippen LogP contribution in [0.2, 0.25) is 0 Å². The monoisotopic (exact) mass is 251 g/mol. The summed E-state index contributed by atoms with van der Waals surface area (Å²) in [5.74, 6) is 1.87. The average molecular weight is 251 g/mol. The van der Waals surface area contributed by atoms with Crippen LogP contribution in [0.15, 0.2) is 0 Å². The van der Waals surface area contributed by atoms with E-state index in [1.165, 1.54) is 51.4 Å². The molecule has 2 aliphatic carbocycles. The molecular formula is C17H33N. The van der Waals surface area contributed by atoms with Crippen LogP contribution in [0.3, 0.4) is 0 Å². The largest absolute Gasteiger partial charge is 0.311 e. The van der Waals surface area contributed by atoms with Crippen LogP contribution in [0, 0.1) is 17.3 Å². The maximum Gasteiger partial charge on any atom is 0.00749 e. The fourth-order valence-corrected chi connectivity index (χ4v) is 4.08. The molecule has 0 bridgehead atoms. The Morgan fingerprint density at radius 3 is 2.33 bits per heavy atom. The van der Waals surface area contributed by atoms with E-state index in [9.17, 15) is 0 Å². The lowest BCUT2D eigenvalue weighted by molar-refractivity contribution is 0.325. The second-order valence-corrected chi connectivity index (χ2v) is 7.98. The average Bonchev–Trinajstić information content (AvgIpc) is 2.51. The first-order chi connectivity index (χ1) is 8.46. The highest BCUT2D eigenvalue weighted by Crippen LogP contribution is 2.38. The Balaban J connectivity index is 1.77. The second kappa shape index (κ2) is 5.94. The first-order valence-corrected chi connectivity index (χ1v) is 8.22. The molecule has 0 heterocycles. The van der Waals surface area contributed by atoms with Crippen molar-refractivity contribution in [1.82, 2.24) is 5.32 Å². The number of hydrogen-bond acceptors (Lipinski definition) is 1. The normalized spacial score (nSPS) is 36.8. The Kier molecular flexibility index (Phi) is 4.75. The van der Waals surface area contributed by atoms with Crippen molar-refractivity contribution < 1.29 is 0 Å². The van der Waals surface area contributed by atoms with Gasteiger partial charge in [0.2, 0.25) is 0 Å². The van der Waals surface area contributed by atoms with Crippen molar-refractivity contribution in [2.24, 2.45) is 17.3 Å². The molecule has 106 valence electrons. The smallest absolute Gasteiger partial charge is 0.00749 e. The van der Waals surface area contributed by atoms with Crippen molar-refractivity contribution in [3.8, 4) is 0 Å². The summed E-state index contributed by atoms with van der Waals surface area (Å²) in [5.41, 5.74) is 0.586. The standard InChI is InChI=1S/C17H33N/c1-13(2)14-6-5-7-15(9-8-14)18-16-10-11-17(3,4)12-16/h13-16,18H,5-12H2,1-4H3. The Bertz CT molecular complexity index is 256. The lowest BCUT2D eigenvalue weighted by Crippen LogP contribution is -2.37. The molecule has 0 radical (unpaired) electrons. The number of hydrogen-bond donors (Lipinski definition) is 1. The quantitative estimate of drug-likeness (QED) is 0.713. The molecule has 0 saturated heterocycles. The van der Waals surface area contributed by atoms with Crippen LogP contribution in [0.5, 0.6) is 0 Å². The van der Waals surface area contributed by atoms with Crippen LogP contribution in [-0.4, -0.2) is 12.1 Å². The molecule has 2 aliphatic rings. The third-order valence-corrected chi connectivity index (χ3v) is 5.40. The molecule has 1 N–H and O–H groups in total. The summed E-state index contributed by atoms with van der Waals surface area (Å²) in [5, 5.41) is 3.97. The Labute approximate surface area is 114 Å². The highest BCUT2D eigenvalue weighted by molar-refractivity contribution is 4.89. The lowest BCUT2D eigenvalue weighted by Gasteiger charge is -2.24. The predicted molar refractivity (Wildman–Crippen MR) is 79.8 cm³/mol. The minimum atomic E-state index is 0.586. The zero-order valence-electron chi connectivity index (χ0n) is 13.0. The van der Waals surface area contributed by atoms with Crippen LogP contribution < -0.4 is 5.32 Å². The van der Waals surface area contributed by atoms with E-state index < -0.39 is 0 Å². The van der Waals surface area contributed by atoms with Gasteiger partial charge in [-0.05, 0) is 55.8 Å². The number of rotatable bonds is 3. The Hall–Kier alpha value is -0.0400. The molecule has 2 fully saturated rings. The Morgan fingerprint density at radius 2 is 1.72 bits per heavy atom. The summed E-state index contributed by atoms with van der Waals surface area (Å²) in [7, 11) is 0. The highest BCUT2D eigenvalue weighted by atomic mass is 15.0. The van der Waals surface area contributed by atoms with Crippen molar-refractivity contribution in [3.63, 3.8) is 0 Å². The van der Waals surface area contributed by atoms with E-state index in [1.807, 2.05) is 0 Å². The molecule has 0 aromatic heterocycles. The molecule has 2 saturated carbocycles. The van der Waals surface area contributed by atoms with Gasteiger partial charge in [0.1, 0.15) is 0 Å². The number of nitrogens with one attached hydrogen (secondary N) is 1. The van der Waals surface area contributed by atoms with Gasteiger partial charge in [-0.15, -0.1) is 0 Å². The first kappa shape index (κ1) is 14.4. The Morgan fingerprint density at radius 1 is 0.944 bits per heavy atom. The van der Waals surface area contributed by atoms with E-state index in [4.69, 9.17) is 0 Å². The zero-order valence-corrected chi connectivity index (χ0v) is 13.0. The molecule has 0 spiro atoms. The highest BCUT2D eigenvalue weighted by Gasteiger charge is 2.32. The van der Waals surface area contributed by atoms with Gasteiger partial charge in [-0.25, -0.2) is 0 Å². The molecule has 2 rings (SSSR count). The van der Waals surface area contributed by atoms with Crippen LogP contribution in [0.1, 0.15) is 79.1 Å². The van der Waals surface area contributed by atoms with Crippen molar-refractivity contribution in [1.29, 1.82) is 0 Å². The van der Waals surface area contributed by atoms with Gasteiger partial charge in [-0.3, -0.25) is 0 Å². The van der Waals surface area contributed by atoms with Crippen LogP contribution in [-0.2, 0) is 0 Å². The van der Waals surface area contributed by atoms with Crippen LogP contribution >= 0.6 is 0 Å². The first-order valence-electron chi connectivity index (χ1n) is 8.22. The van der Waals surface area contributed by atoms with E-state index in [0.717, 1.165) is 23.9 Å². The van der Waals surface area contributed by atoms with Gasteiger partial charge in [-0.2, -0.15) is 0 Å². The zero-order chi connectivity index (χ0) is 13.2. The maximum absolute atomic E-state index is 3.97. The van der Waals surface area contributed by atoms with E-state index in [1.54, 1.807) is 0 Å². The summed E-state index contributed by atoms with van der Waals surface area (Å²) in [6, 6.07) is 1.62. The van der Waals surface area contributed by atoms with Crippen LogP contribution in [0.25, 0.3) is 0 Å². The fourth-order valence-electron chi connectivity index (χ4n) is 4.08. The molecule has 0 aromatic carbocycles. The molecule has 1 nitrogen and oxygen atoms in total. The molecule has 0 aromatic rings. The van der Waals surface area contributed by atoms with Gasteiger partial charge >= 0.3 is 0 Å². The maximum atomic E-state index is 3.97. The van der Waals surface area contributed by atoms with Gasteiger partial charge in [0.15, 0.2) is 0 Å². The topological polar surface area (TPSA) is 12.0 Å². The van der Waals surface area contributed by atoms with Gasteiger partial charge in [0.25, 0.3) is 0 Å². The van der Waals surface area contributed by atoms with Crippen LogP contribution in [0.4, 0.5) is 0 Å². The van der Waals surface area contributed by atoms with Crippen molar-refractivity contribution in [2.75, 3.05) is 0 Å². The molecule has 1 heteroatoms. The van der Waals surface area contributed by atoms with E-state index in [0.29, 0.717) is 5.41 Å². The SMILES string of the molecule is CC(C)C1CCCC(NC2CCC(C)(C)C2)CC1. The van der Waals surface area contributed by atoms with Crippen molar-refractivity contribution in [2.45, 2.75) is 91.1 Å². The fraction of sp³-hybridized carbons (Fsp3) is 1.00. The second-order valence-electron chi connectivity index (χ2n) is 7.98. The molecule has 18 heavy (non-hydrogen) atoms. The van der Waals surface area contributed by atoms with Gasteiger partial charge < -0.3 is 5.32 Å². The van der Waals surface area contributed by atoms with Gasteiger partial charge in [-0.1, -0.05) is 40.5 Å². The van der Waals surface area contributed by atoms with E-state index in [-0.39, 0.29) is 0 Å². The summed E-state index contributed by atoms with van der Waals surface area (Å²) in [6.45, 7) is 9.66. The predicted octanol–water partition coefficient (Wildman–Crippen LogP) is 4.76. The molecule has 3 atom stereocenters. The molecule has 0 amide bonds. The molecular weight excluding hydrogens is 218 g/mol. The summed E-state index contributed by atoms with van der Waals surface area (Å²) >= 11 is 0. The molecule has 3 unspecified atom stereocenters. The lowest BCUT2D eigenvalue weighted by atomic mass is 9.89. The van der Waals surface area contributed by atoms with E-state index in [2.05, 4.69) is 33.0 Å². The minimum absolute atomic E-state index is 0.586. The van der Waals surface area contributed by atoms with Crippen molar-refractivity contribution >= 4 is 0 Å². The summed E-state index contributed by atoms with van der Waals surface area (Å²) in [6.07, 6.45) is 11.4. The summed E-state index contributed by atoms with van der Waals surface area (Å²) in [4.78, 5) is 0.